The van der Waals surface area contributed by atoms with Crippen molar-refractivity contribution in [2.24, 2.45) is 0 Å². The molecule has 0 saturated heterocycles. The number of carbonyl (C=O) groups is 1. The molecular formula is C24H26F2N4O. The predicted molar refractivity (Wildman–Crippen MR) is 116 cm³/mol. The Morgan fingerprint density at radius 1 is 1.06 bits per heavy atom. The highest BCUT2D eigenvalue weighted by molar-refractivity contribution is 5.90. The Labute approximate surface area is 180 Å². The maximum absolute atomic E-state index is 14.1. The minimum atomic E-state index is -0.806. The molecule has 0 fully saturated rings. The van der Waals surface area contributed by atoms with Crippen LogP contribution in [0.25, 0.3) is 0 Å². The van der Waals surface area contributed by atoms with Gasteiger partial charge in [0.1, 0.15) is 17.7 Å². The molecule has 5 nitrogen and oxygen atoms in total. The highest BCUT2D eigenvalue weighted by Crippen LogP contribution is 2.33. The van der Waals surface area contributed by atoms with Crippen LogP contribution < -0.4 is 5.32 Å². The van der Waals surface area contributed by atoms with Crippen LogP contribution in [0.3, 0.4) is 0 Å². The van der Waals surface area contributed by atoms with Crippen LogP contribution in [0.15, 0.2) is 54.7 Å². The van der Waals surface area contributed by atoms with E-state index in [0.29, 0.717) is 19.5 Å². The largest absolute Gasteiger partial charge is 0.322 e. The predicted octanol–water partition coefficient (Wildman–Crippen LogP) is 5.49. The Bertz CT molecular complexity index is 1090. The summed E-state index contributed by atoms with van der Waals surface area (Å²) in [5.41, 5.74) is 3.01. The van der Waals surface area contributed by atoms with Crippen molar-refractivity contribution in [3.05, 3.63) is 83.2 Å². The van der Waals surface area contributed by atoms with Gasteiger partial charge in [-0.15, -0.1) is 0 Å². The van der Waals surface area contributed by atoms with Crippen molar-refractivity contribution in [2.75, 3.05) is 11.9 Å². The molecule has 4 rings (SSSR count). The molecule has 1 aromatic heterocycles. The van der Waals surface area contributed by atoms with Crippen LogP contribution in [0.1, 0.15) is 50.1 Å². The number of anilines is 1. The van der Waals surface area contributed by atoms with Crippen LogP contribution in [0.4, 0.5) is 19.3 Å². The number of benzene rings is 2. The number of amides is 2. The number of aromatic nitrogens is 2. The summed E-state index contributed by atoms with van der Waals surface area (Å²) in [4.78, 5) is 14.9. The van der Waals surface area contributed by atoms with Crippen molar-refractivity contribution in [2.45, 2.75) is 45.2 Å². The SMILES string of the molecule is CC(C)(C)c1ccc(C2c3ccnn3CCCN2C(=O)Nc2ccc(F)cc2F)cc1. The van der Waals surface area contributed by atoms with E-state index in [1.54, 1.807) is 11.1 Å². The average Bonchev–Trinajstić information content (AvgIpc) is 3.09. The van der Waals surface area contributed by atoms with E-state index in [2.05, 4.69) is 43.3 Å². The third kappa shape index (κ3) is 4.31. The molecule has 1 N–H and O–H groups in total. The first-order valence-corrected chi connectivity index (χ1v) is 10.4. The molecule has 2 aromatic carbocycles. The van der Waals surface area contributed by atoms with Crippen molar-refractivity contribution < 1.29 is 13.6 Å². The Hall–Kier alpha value is -3.22. The first kappa shape index (κ1) is 21.0. The van der Waals surface area contributed by atoms with E-state index in [-0.39, 0.29) is 17.1 Å². The van der Waals surface area contributed by atoms with E-state index in [1.807, 2.05) is 22.9 Å². The molecule has 0 aliphatic carbocycles. The second-order valence-electron chi connectivity index (χ2n) is 8.86. The second-order valence-corrected chi connectivity index (χ2v) is 8.86. The molecule has 7 heteroatoms. The van der Waals surface area contributed by atoms with Crippen LogP contribution >= 0.6 is 0 Å². The molecule has 0 radical (unpaired) electrons. The zero-order chi connectivity index (χ0) is 22.2. The lowest BCUT2D eigenvalue weighted by molar-refractivity contribution is 0.199. The zero-order valence-electron chi connectivity index (χ0n) is 17.9. The van der Waals surface area contributed by atoms with Gasteiger partial charge in [0.05, 0.1) is 11.4 Å². The highest BCUT2D eigenvalue weighted by atomic mass is 19.1. The van der Waals surface area contributed by atoms with Gasteiger partial charge < -0.3 is 10.2 Å². The number of hydrogen-bond acceptors (Lipinski definition) is 2. The lowest BCUT2D eigenvalue weighted by Crippen LogP contribution is -2.39. The number of urea groups is 1. The van der Waals surface area contributed by atoms with E-state index in [1.165, 1.54) is 11.6 Å². The number of nitrogens with zero attached hydrogens (tertiary/aromatic N) is 3. The number of aryl methyl sites for hydroxylation is 1. The molecular weight excluding hydrogens is 398 g/mol. The van der Waals surface area contributed by atoms with E-state index >= 15 is 0 Å². The summed E-state index contributed by atoms with van der Waals surface area (Å²) < 4.78 is 29.3. The van der Waals surface area contributed by atoms with Gasteiger partial charge in [-0.3, -0.25) is 4.68 Å². The van der Waals surface area contributed by atoms with Gasteiger partial charge in [0.2, 0.25) is 0 Å². The first-order valence-electron chi connectivity index (χ1n) is 10.4. The standard InChI is InChI=1S/C24H26F2N4O/c1-24(2,3)17-7-5-16(6-8-17)22-21-11-12-27-30(21)14-4-13-29(22)23(31)28-20-10-9-18(25)15-19(20)26/h5-12,15,22H,4,13-14H2,1-3H3,(H,28,31). The Balaban J connectivity index is 1.70. The van der Waals surface area contributed by atoms with E-state index in [9.17, 15) is 13.6 Å². The van der Waals surface area contributed by atoms with Gasteiger partial charge in [-0.25, -0.2) is 13.6 Å². The molecule has 2 heterocycles. The van der Waals surface area contributed by atoms with Gasteiger partial charge in [0.15, 0.2) is 0 Å². The summed E-state index contributed by atoms with van der Waals surface area (Å²) in [5.74, 6) is -1.50. The van der Waals surface area contributed by atoms with E-state index in [0.717, 1.165) is 23.4 Å². The number of rotatable bonds is 2. The fourth-order valence-corrected chi connectivity index (χ4v) is 3.95. The monoisotopic (exact) mass is 424 g/mol. The molecule has 0 bridgehead atoms. The van der Waals surface area contributed by atoms with Crippen molar-refractivity contribution in [3.63, 3.8) is 0 Å². The molecule has 162 valence electrons. The topological polar surface area (TPSA) is 50.2 Å². The van der Waals surface area contributed by atoms with Crippen LogP contribution in [0.5, 0.6) is 0 Å². The van der Waals surface area contributed by atoms with Crippen LogP contribution in [-0.4, -0.2) is 27.3 Å². The lowest BCUT2D eigenvalue weighted by Gasteiger charge is -2.31. The van der Waals surface area contributed by atoms with E-state index < -0.39 is 17.7 Å². The Morgan fingerprint density at radius 2 is 1.81 bits per heavy atom. The maximum Gasteiger partial charge on any atom is 0.322 e. The summed E-state index contributed by atoms with van der Waals surface area (Å²) in [6, 6.07) is 12.4. The Kier molecular flexibility index (Phi) is 5.52. The van der Waals surface area contributed by atoms with Gasteiger partial charge in [-0.1, -0.05) is 45.0 Å². The zero-order valence-corrected chi connectivity index (χ0v) is 17.9. The minimum absolute atomic E-state index is 0.0148. The van der Waals surface area contributed by atoms with Gasteiger partial charge in [0.25, 0.3) is 0 Å². The molecule has 1 atom stereocenters. The molecule has 0 spiro atoms. The van der Waals surface area contributed by atoms with Gasteiger partial charge in [0, 0.05) is 25.4 Å². The third-order valence-corrected chi connectivity index (χ3v) is 5.64. The third-order valence-electron chi connectivity index (χ3n) is 5.64. The lowest BCUT2D eigenvalue weighted by atomic mass is 9.86. The summed E-state index contributed by atoms with van der Waals surface area (Å²) in [7, 11) is 0. The fourth-order valence-electron chi connectivity index (χ4n) is 3.95. The minimum Gasteiger partial charge on any atom is -0.312 e. The van der Waals surface area contributed by atoms with E-state index in [4.69, 9.17) is 0 Å². The summed E-state index contributed by atoms with van der Waals surface area (Å²) in [5, 5.41) is 7.02. The molecule has 1 unspecified atom stereocenters. The molecule has 1 aliphatic heterocycles. The molecule has 1 aliphatic rings. The first-order chi connectivity index (χ1) is 14.7. The summed E-state index contributed by atoms with van der Waals surface area (Å²) in [6.45, 7) is 7.62. The quantitative estimate of drug-likeness (QED) is 0.592. The number of hydrogen-bond donors (Lipinski definition) is 1. The normalized spacial score (nSPS) is 16.5. The molecule has 31 heavy (non-hydrogen) atoms. The van der Waals surface area contributed by atoms with Crippen LogP contribution in [-0.2, 0) is 12.0 Å². The van der Waals surface area contributed by atoms with Crippen molar-refractivity contribution in [1.82, 2.24) is 14.7 Å². The number of carbonyl (C=O) groups excluding carboxylic acids is 1. The number of nitrogens with one attached hydrogen (secondary N) is 1. The Morgan fingerprint density at radius 3 is 2.48 bits per heavy atom. The van der Waals surface area contributed by atoms with Gasteiger partial charge in [-0.05, 0) is 41.2 Å². The number of fused-ring (bicyclic) bond motifs is 1. The van der Waals surface area contributed by atoms with Crippen LogP contribution in [0, 0.1) is 11.6 Å². The van der Waals surface area contributed by atoms with Crippen molar-refractivity contribution in [3.8, 4) is 0 Å². The van der Waals surface area contributed by atoms with Crippen molar-refractivity contribution in [1.29, 1.82) is 0 Å². The number of halogens is 2. The summed E-state index contributed by atoms with van der Waals surface area (Å²) >= 11 is 0. The van der Waals surface area contributed by atoms with Gasteiger partial charge >= 0.3 is 6.03 Å². The highest BCUT2D eigenvalue weighted by Gasteiger charge is 2.32. The molecule has 2 amide bonds. The fraction of sp³-hybridized carbons (Fsp3) is 0.333. The van der Waals surface area contributed by atoms with Gasteiger partial charge in [-0.2, -0.15) is 5.10 Å². The smallest absolute Gasteiger partial charge is 0.312 e. The van der Waals surface area contributed by atoms with Crippen molar-refractivity contribution >= 4 is 11.7 Å². The van der Waals surface area contributed by atoms with Crippen LogP contribution in [0.2, 0.25) is 0 Å². The molecule has 0 saturated carbocycles. The second kappa shape index (κ2) is 8.13. The maximum atomic E-state index is 14.1. The summed E-state index contributed by atoms with van der Waals surface area (Å²) in [6.07, 6.45) is 2.44. The average molecular weight is 424 g/mol. The molecule has 3 aromatic rings.